The van der Waals surface area contributed by atoms with Gasteiger partial charge < -0.3 is 4.90 Å². The lowest BCUT2D eigenvalue weighted by Crippen LogP contribution is -2.21. The minimum atomic E-state index is 0.180. The second-order valence-electron chi connectivity index (χ2n) is 6.63. The lowest BCUT2D eigenvalue weighted by atomic mass is 10.1. The number of fused-ring (bicyclic) bond motifs is 1. The van der Waals surface area contributed by atoms with Crippen LogP contribution in [-0.2, 0) is 0 Å². The van der Waals surface area contributed by atoms with Crippen molar-refractivity contribution in [2.75, 3.05) is 18.0 Å². The van der Waals surface area contributed by atoms with Gasteiger partial charge in [-0.3, -0.25) is 0 Å². The van der Waals surface area contributed by atoms with E-state index in [2.05, 4.69) is 46.0 Å². The van der Waals surface area contributed by atoms with Crippen LogP contribution in [-0.4, -0.2) is 33.7 Å². The first-order valence-electron chi connectivity index (χ1n) is 9.71. The Labute approximate surface area is 174 Å². The van der Waals surface area contributed by atoms with Crippen LogP contribution in [0.2, 0.25) is 0 Å². The van der Waals surface area contributed by atoms with Gasteiger partial charge in [0.15, 0.2) is 17.5 Å². The van der Waals surface area contributed by atoms with Gasteiger partial charge >= 0.3 is 0 Å². The van der Waals surface area contributed by atoms with Crippen LogP contribution in [0.5, 0.6) is 0 Å². The van der Waals surface area contributed by atoms with E-state index in [0.717, 1.165) is 24.3 Å². The third kappa shape index (κ3) is 3.23. The van der Waals surface area contributed by atoms with Crippen molar-refractivity contribution in [2.24, 2.45) is 4.99 Å². The maximum atomic E-state index is 9.66. The molecule has 0 bridgehead atoms. The number of aromatic nitrogens is 3. The number of hydrogen-bond donors (Lipinski definition) is 0. The van der Waals surface area contributed by atoms with Gasteiger partial charge in [-0.2, -0.15) is 15.2 Å². The smallest absolute Gasteiger partial charge is 0.182 e. The monoisotopic (exact) mass is 393 g/mol. The van der Waals surface area contributed by atoms with E-state index in [1.807, 2.05) is 54.6 Å². The predicted octanol–water partition coefficient (Wildman–Crippen LogP) is 4.18. The SMILES string of the molecule is CCN(CC)c1ccc(N=C2C(C#N)=C(C#N)c3nc(-c4ccccc4)nn32)cc1. The molecule has 7 nitrogen and oxygen atoms in total. The van der Waals surface area contributed by atoms with E-state index in [0.29, 0.717) is 23.2 Å². The molecule has 7 heteroatoms. The molecule has 0 aliphatic carbocycles. The zero-order valence-electron chi connectivity index (χ0n) is 16.7. The number of allylic oxidation sites excluding steroid dienone is 2. The van der Waals surface area contributed by atoms with E-state index < -0.39 is 0 Å². The van der Waals surface area contributed by atoms with E-state index in [1.165, 1.54) is 4.68 Å². The van der Waals surface area contributed by atoms with Gasteiger partial charge in [0.2, 0.25) is 0 Å². The molecule has 0 fully saturated rings. The summed E-state index contributed by atoms with van der Waals surface area (Å²) in [7, 11) is 0. The van der Waals surface area contributed by atoms with Gasteiger partial charge in [0.25, 0.3) is 0 Å². The Hall–Kier alpha value is -4.23. The quantitative estimate of drug-likeness (QED) is 0.648. The van der Waals surface area contributed by atoms with Crippen molar-refractivity contribution in [3.63, 3.8) is 0 Å². The molecule has 0 saturated carbocycles. The molecule has 2 heterocycles. The fourth-order valence-electron chi connectivity index (χ4n) is 3.42. The highest BCUT2D eigenvalue weighted by Crippen LogP contribution is 2.30. The predicted molar refractivity (Wildman–Crippen MR) is 116 cm³/mol. The van der Waals surface area contributed by atoms with E-state index >= 15 is 0 Å². The van der Waals surface area contributed by atoms with Gasteiger partial charge in [0.05, 0.1) is 5.69 Å². The summed E-state index contributed by atoms with van der Waals surface area (Å²) < 4.78 is 1.48. The molecule has 1 aliphatic rings. The van der Waals surface area contributed by atoms with Crippen molar-refractivity contribution < 1.29 is 0 Å². The number of aliphatic imine (C=N–C) groups is 1. The Morgan fingerprint density at radius 1 is 0.933 bits per heavy atom. The summed E-state index contributed by atoms with van der Waals surface area (Å²) in [5.41, 5.74) is 2.98. The van der Waals surface area contributed by atoms with Crippen molar-refractivity contribution >= 4 is 22.8 Å². The Morgan fingerprint density at radius 3 is 2.20 bits per heavy atom. The van der Waals surface area contributed by atoms with Gasteiger partial charge in [0, 0.05) is 24.3 Å². The molecule has 1 aliphatic heterocycles. The third-order valence-electron chi connectivity index (χ3n) is 4.97. The molecule has 0 atom stereocenters. The van der Waals surface area contributed by atoms with Crippen LogP contribution in [0.1, 0.15) is 19.7 Å². The number of nitrogens with zero attached hydrogens (tertiary/aromatic N) is 7. The van der Waals surface area contributed by atoms with Gasteiger partial charge in [-0.15, -0.1) is 5.10 Å². The lowest BCUT2D eigenvalue weighted by molar-refractivity contribution is 0.866. The lowest BCUT2D eigenvalue weighted by Gasteiger charge is -2.20. The highest BCUT2D eigenvalue weighted by Gasteiger charge is 2.32. The van der Waals surface area contributed by atoms with Gasteiger partial charge in [0.1, 0.15) is 23.3 Å². The molecule has 3 aromatic rings. The molecule has 2 aromatic carbocycles. The first-order valence-corrected chi connectivity index (χ1v) is 9.71. The van der Waals surface area contributed by atoms with Gasteiger partial charge in [-0.25, -0.2) is 9.98 Å². The van der Waals surface area contributed by atoms with Crippen molar-refractivity contribution in [1.29, 1.82) is 10.5 Å². The van der Waals surface area contributed by atoms with Crippen LogP contribution in [0, 0.1) is 22.7 Å². The summed E-state index contributed by atoms with van der Waals surface area (Å²) >= 11 is 0. The average molecular weight is 393 g/mol. The Morgan fingerprint density at radius 2 is 1.60 bits per heavy atom. The average Bonchev–Trinajstić information content (AvgIpc) is 3.34. The fraction of sp³-hybridized carbons (Fsp3) is 0.174. The molecule has 0 amide bonds. The highest BCUT2D eigenvalue weighted by molar-refractivity contribution is 6.16. The third-order valence-corrected chi connectivity index (χ3v) is 4.97. The first kappa shape index (κ1) is 19.1. The van der Waals surface area contributed by atoms with Crippen LogP contribution in [0.3, 0.4) is 0 Å². The fourth-order valence-corrected chi connectivity index (χ4v) is 3.42. The number of benzene rings is 2. The van der Waals surface area contributed by atoms with Crippen molar-refractivity contribution in [2.45, 2.75) is 13.8 Å². The molecule has 0 saturated heterocycles. The number of rotatable bonds is 5. The minimum Gasteiger partial charge on any atom is -0.372 e. The van der Waals surface area contributed by atoms with Crippen molar-refractivity contribution in [1.82, 2.24) is 14.8 Å². The van der Waals surface area contributed by atoms with E-state index in [1.54, 1.807) is 0 Å². The van der Waals surface area contributed by atoms with E-state index in [9.17, 15) is 10.5 Å². The molecular weight excluding hydrogens is 374 g/mol. The van der Waals surface area contributed by atoms with Crippen LogP contribution in [0.4, 0.5) is 11.4 Å². The highest BCUT2D eigenvalue weighted by atomic mass is 15.4. The van der Waals surface area contributed by atoms with Crippen LogP contribution in [0.15, 0.2) is 65.2 Å². The zero-order valence-corrected chi connectivity index (χ0v) is 16.7. The molecule has 30 heavy (non-hydrogen) atoms. The van der Waals surface area contributed by atoms with E-state index in [4.69, 9.17) is 0 Å². The maximum Gasteiger partial charge on any atom is 0.182 e. The minimum absolute atomic E-state index is 0.180. The maximum absolute atomic E-state index is 9.66. The van der Waals surface area contributed by atoms with Gasteiger partial charge in [-0.05, 0) is 38.1 Å². The van der Waals surface area contributed by atoms with E-state index in [-0.39, 0.29) is 11.1 Å². The Kier molecular flexibility index (Phi) is 5.11. The second kappa shape index (κ2) is 8.02. The van der Waals surface area contributed by atoms with Gasteiger partial charge in [-0.1, -0.05) is 30.3 Å². The second-order valence-corrected chi connectivity index (χ2v) is 6.63. The standard InChI is InChI=1S/C23H19N7/c1-3-29(4-2)18-12-10-17(11-13-18)26-22-19(14-24)20(15-25)23-27-21(28-30(22)23)16-8-6-5-7-9-16/h5-13H,3-4H2,1-2H3. The van der Waals surface area contributed by atoms with Crippen LogP contribution in [0.25, 0.3) is 17.0 Å². The topological polar surface area (TPSA) is 93.9 Å². The number of nitriles is 2. The Balaban J connectivity index is 1.79. The van der Waals surface area contributed by atoms with Crippen LogP contribution < -0.4 is 4.90 Å². The number of anilines is 1. The molecule has 146 valence electrons. The molecule has 4 rings (SSSR count). The number of hydrogen-bond acceptors (Lipinski definition) is 6. The van der Waals surface area contributed by atoms with Crippen molar-refractivity contribution in [3.8, 4) is 23.5 Å². The molecule has 0 unspecified atom stereocenters. The summed E-state index contributed by atoms with van der Waals surface area (Å²) in [6.07, 6.45) is 0. The molecule has 0 radical (unpaired) electrons. The Bertz CT molecular complexity index is 1220. The molecule has 1 aromatic heterocycles. The summed E-state index contributed by atoms with van der Waals surface area (Å²) in [4.78, 5) is 11.4. The van der Waals surface area contributed by atoms with Crippen LogP contribution >= 0.6 is 0 Å². The molecular formula is C23H19N7. The summed E-state index contributed by atoms with van der Waals surface area (Å²) in [6.45, 7) is 6.06. The van der Waals surface area contributed by atoms with Crippen molar-refractivity contribution in [3.05, 3.63) is 66.0 Å². The first-order chi connectivity index (χ1) is 14.7. The summed E-state index contributed by atoms with van der Waals surface area (Å²) in [5, 5.41) is 23.8. The molecule has 0 spiro atoms. The normalized spacial score (nSPS) is 13.8. The summed E-state index contributed by atoms with van der Waals surface area (Å²) in [5.74, 6) is 1.14. The molecule has 0 N–H and O–H groups in total. The zero-order chi connectivity index (χ0) is 21.1. The largest absolute Gasteiger partial charge is 0.372 e. The summed E-state index contributed by atoms with van der Waals surface area (Å²) in [6, 6.07) is 21.5.